The first-order chi connectivity index (χ1) is 6.07. The van der Waals surface area contributed by atoms with Crippen molar-refractivity contribution in [1.82, 2.24) is 9.78 Å². The van der Waals surface area contributed by atoms with Crippen LogP contribution in [0.25, 0.3) is 0 Å². The Morgan fingerprint density at radius 2 is 2.23 bits per heavy atom. The third-order valence-corrected chi connectivity index (χ3v) is 3.19. The fourth-order valence-electron chi connectivity index (χ4n) is 1.29. The number of rotatable bonds is 2. The van der Waals surface area contributed by atoms with Crippen LogP contribution in [0, 0.1) is 25.2 Å². The lowest BCUT2D eigenvalue weighted by atomic mass is 10.2. The molecule has 0 aliphatic rings. The summed E-state index contributed by atoms with van der Waals surface area (Å²) in [6, 6.07) is 2.29. The summed E-state index contributed by atoms with van der Waals surface area (Å²) >= 11 is 3.45. The Bertz CT molecular complexity index is 348. The summed E-state index contributed by atoms with van der Waals surface area (Å²) in [7, 11) is 0. The highest BCUT2D eigenvalue weighted by Crippen LogP contribution is 2.23. The van der Waals surface area contributed by atoms with E-state index >= 15 is 0 Å². The molecule has 1 aromatic rings. The molecule has 1 heterocycles. The smallest absolute Gasteiger partial charge is 0.0738 e. The summed E-state index contributed by atoms with van der Waals surface area (Å²) in [6.45, 7) is 5.94. The quantitative estimate of drug-likeness (QED) is 0.800. The molecule has 1 aromatic heterocycles. The molecular formula is C9H12BrN3. The highest BCUT2D eigenvalue weighted by atomic mass is 79.9. The van der Waals surface area contributed by atoms with Gasteiger partial charge in [-0.2, -0.15) is 10.4 Å². The van der Waals surface area contributed by atoms with Crippen LogP contribution in [0.3, 0.4) is 0 Å². The maximum absolute atomic E-state index is 8.56. The summed E-state index contributed by atoms with van der Waals surface area (Å²) in [5.74, 6) is 0. The van der Waals surface area contributed by atoms with Gasteiger partial charge in [0.05, 0.1) is 34.4 Å². The molecule has 0 aromatic carbocycles. The van der Waals surface area contributed by atoms with E-state index in [2.05, 4.69) is 27.1 Å². The number of hydrogen-bond donors (Lipinski definition) is 0. The molecule has 0 saturated heterocycles. The molecule has 1 unspecified atom stereocenters. The van der Waals surface area contributed by atoms with Gasteiger partial charge in [-0.1, -0.05) is 0 Å². The molecule has 3 nitrogen and oxygen atoms in total. The molecule has 0 N–H and O–H groups in total. The van der Waals surface area contributed by atoms with Gasteiger partial charge < -0.3 is 0 Å². The van der Waals surface area contributed by atoms with Crippen LogP contribution in [0.15, 0.2) is 4.47 Å². The van der Waals surface area contributed by atoms with Gasteiger partial charge in [-0.15, -0.1) is 0 Å². The Labute approximate surface area is 86.5 Å². The second kappa shape index (κ2) is 3.93. The third-order valence-electron chi connectivity index (χ3n) is 2.04. The topological polar surface area (TPSA) is 41.6 Å². The van der Waals surface area contributed by atoms with E-state index in [1.54, 1.807) is 0 Å². The van der Waals surface area contributed by atoms with E-state index in [-0.39, 0.29) is 6.04 Å². The van der Waals surface area contributed by atoms with Crippen LogP contribution in [0.5, 0.6) is 0 Å². The molecule has 0 radical (unpaired) electrons. The molecule has 1 atom stereocenters. The van der Waals surface area contributed by atoms with E-state index in [0.717, 1.165) is 15.9 Å². The van der Waals surface area contributed by atoms with Crippen LogP contribution in [0.4, 0.5) is 0 Å². The van der Waals surface area contributed by atoms with E-state index in [1.165, 1.54) is 0 Å². The lowest BCUT2D eigenvalue weighted by Gasteiger charge is -2.09. The van der Waals surface area contributed by atoms with Crippen molar-refractivity contribution >= 4 is 15.9 Å². The Morgan fingerprint density at radius 1 is 1.62 bits per heavy atom. The first-order valence-corrected chi connectivity index (χ1v) is 4.95. The second-order valence-electron chi connectivity index (χ2n) is 3.14. The second-order valence-corrected chi connectivity index (χ2v) is 3.93. The van der Waals surface area contributed by atoms with Crippen molar-refractivity contribution in [2.75, 3.05) is 0 Å². The number of nitrogens with zero attached hydrogens (tertiary/aromatic N) is 3. The van der Waals surface area contributed by atoms with E-state index in [1.807, 2.05) is 25.5 Å². The van der Waals surface area contributed by atoms with Crippen molar-refractivity contribution in [1.29, 1.82) is 5.26 Å². The van der Waals surface area contributed by atoms with Gasteiger partial charge in [0.2, 0.25) is 0 Å². The average Bonchev–Trinajstić information content (AvgIpc) is 2.33. The highest BCUT2D eigenvalue weighted by Gasteiger charge is 2.13. The van der Waals surface area contributed by atoms with E-state index in [9.17, 15) is 0 Å². The molecule has 0 amide bonds. The number of aryl methyl sites for hydroxylation is 1. The molecule has 0 aliphatic carbocycles. The predicted molar refractivity (Wildman–Crippen MR) is 54.3 cm³/mol. The molecule has 0 fully saturated rings. The minimum absolute atomic E-state index is 0.148. The molecule has 0 bridgehead atoms. The van der Waals surface area contributed by atoms with E-state index in [4.69, 9.17) is 5.26 Å². The number of halogens is 1. The monoisotopic (exact) mass is 241 g/mol. The van der Waals surface area contributed by atoms with Crippen molar-refractivity contribution in [3.63, 3.8) is 0 Å². The van der Waals surface area contributed by atoms with Crippen LogP contribution < -0.4 is 0 Å². The van der Waals surface area contributed by atoms with Crippen LogP contribution in [0.2, 0.25) is 0 Å². The molecule has 1 rings (SSSR count). The molecule has 13 heavy (non-hydrogen) atoms. The maximum atomic E-state index is 8.56. The van der Waals surface area contributed by atoms with Gasteiger partial charge in [0.15, 0.2) is 0 Å². The molecule has 0 saturated carbocycles. The Morgan fingerprint density at radius 3 is 2.62 bits per heavy atom. The van der Waals surface area contributed by atoms with Crippen LogP contribution in [-0.4, -0.2) is 9.78 Å². The normalized spacial score (nSPS) is 12.5. The van der Waals surface area contributed by atoms with Crippen molar-refractivity contribution in [3.05, 3.63) is 15.9 Å². The number of aromatic nitrogens is 2. The van der Waals surface area contributed by atoms with Crippen LogP contribution in [0.1, 0.15) is 30.8 Å². The zero-order valence-corrected chi connectivity index (χ0v) is 9.59. The van der Waals surface area contributed by atoms with Crippen LogP contribution >= 0.6 is 15.9 Å². The van der Waals surface area contributed by atoms with Gasteiger partial charge in [-0.05, 0) is 36.7 Å². The van der Waals surface area contributed by atoms with Gasteiger partial charge in [0, 0.05) is 0 Å². The lowest BCUT2D eigenvalue weighted by Crippen LogP contribution is -2.08. The first-order valence-electron chi connectivity index (χ1n) is 4.16. The summed E-state index contributed by atoms with van der Waals surface area (Å²) in [5.41, 5.74) is 2.06. The Balaban J connectivity index is 3.02. The summed E-state index contributed by atoms with van der Waals surface area (Å²) in [4.78, 5) is 0. The fraction of sp³-hybridized carbons (Fsp3) is 0.556. The van der Waals surface area contributed by atoms with E-state index in [0.29, 0.717) is 6.42 Å². The maximum Gasteiger partial charge on any atom is 0.0738 e. The van der Waals surface area contributed by atoms with Crippen molar-refractivity contribution in [2.45, 2.75) is 33.2 Å². The summed E-state index contributed by atoms with van der Waals surface area (Å²) < 4.78 is 2.93. The Kier molecular flexibility index (Phi) is 3.10. The zero-order valence-electron chi connectivity index (χ0n) is 8.00. The summed E-state index contributed by atoms with van der Waals surface area (Å²) in [5, 5.41) is 12.9. The van der Waals surface area contributed by atoms with Gasteiger partial charge in [0.25, 0.3) is 0 Å². The molecular weight excluding hydrogens is 230 g/mol. The fourth-order valence-corrected chi connectivity index (χ4v) is 1.55. The largest absolute Gasteiger partial charge is 0.265 e. The van der Waals surface area contributed by atoms with E-state index < -0.39 is 0 Å². The van der Waals surface area contributed by atoms with Gasteiger partial charge in [-0.25, -0.2) is 0 Å². The lowest BCUT2D eigenvalue weighted by molar-refractivity contribution is 0.486. The molecule has 0 spiro atoms. The minimum Gasteiger partial charge on any atom is -0.265 e. The van der Waals surface area contributed by atoms with Crippen molar-refractivity contribution in [3.8, 4) is 6.07 Å². The first kappa shape index (κ1) is 10.3. The minimum atomic E-state index is 0.148. The SMILES string of the molecule is Cc1nn(C(C)CC#N)c(C)c1Br. The van der Waals surface area contributed by atoms with Gasteiger partial charge >= 0.3 is 0 Å². The van der Waals surface area contributed by atoms with Gasteiger partial charge in [0.1, 0.15) is 0 Å². The zero-order chi connectivity index (χ0) is 10.0. The predicted octanol–water partition coefficient (Wildman–Crippen LogP) is 2.74. The number of hydrogen-bond acceptors (Lipinski definition) is 2. The molecule has 70 valence electrons. The van der Waals surface area contributed by atoms with Crippen molar-refractivity contribution < 1.29 is 0 Å². The molecule has 0 aliphatic heterocycles. The molecule has 4 heteroatoms. The van der Waals surface area contributed by atoms with Crippen LogP contribution in [-0.2, 0) is 0 Å². The number of nitriles is 1. The Hall–Kier alpha value is -0.820. The third kappa shape index (κ3) is 1.92. The van der Waals surface area contributed by atoms with Crippen molar-refractivity contribution in [2.24, 2.45) is 0 Å². The van der Waals surface area contributed by atoms with Gasteiger partial charge in [-0.3, -0.25) is 4.68 Å². The average molecular weight is 242 g/mol. The standard InChI is InChI=1S/C9H12BrN3/c1-6(4-5-11)13-8(3)9(10)7(2)12-13/h6H,4H2,1-3H3. The highest BCUT2D eigenvalue weighted by molar-refractivity contribution is 9.10. The summed E-state index contributed by atoms with van der Waals surface area (Å²) in [6.07, 6.45) is 0.494.